The summed E-state index contributed by atoms with van der Waals surface area (Å²) in [5.41, 5.74) is 4.73. The fourth-order valence-corrected chi connectivity index (χ4v) is 5.55. The van der Waals surface area contributed by atoms with Crippen LogP contribution in [-0.4, -0.2) is 66.4 Å². The minimum atomic E-state index is -1.04. The Bertz CT molecular complexity index is 1060. The first-order chi connectivity index (χ1) is 17.0. The molecule has 1 heterocycles. The first kappa shape index (κ1) is 23.4. The molecule has 3 aliphatic rings. The van der Waals surface area contributed by atoms with Crippen LogP contribution in [-0.2, 0) is 19.1 Å². The largest absolute Gasteiger partial charge is 0.479 e. The van der Waals surface area contributed by atoms with Gasteiger partial charge in [0.2, 0.25) is 5.91 Å². The maximum absolute atomic E-state index is 12.9. The van der Waals surface area contributed by atoms with Gasteiger partial charge in [-0.05, 0) is 47.9 Å². The summed E-state index contributed by atoms with van der Waals surface area (Å²) in [6.07, 6.45) is 1.30. The number of hydrogen-bond donors (Lipinski definition) is 2. The molecule has 1 aliphatic heterocycles. The van der Waals surface area contributed by atoms with Gasteiger partial charge in [0.15, 0.2) is 6.10 Å². The highest BCUT2D eigenvalue weighted by molar-refractivity contribution is 5.81. The fraction of sp³-hybridized carbons (Fsp3) is 0.444. The van der Waals surface area contributed by atoms with Gasteiger partial charge < -0.3 is 24.8 Å². The van der Waals surface area contributed by atoms with Crippen LogP contribution in [0.4, 0.5) is 4.79 Å². The summed E-state index contributed by atoms with van der Waals surface area (Å²) >= 11 is 0. The highest BCUT2D eigenvalue weighted by atomic mass is 16.5. The van der Waals surface area contributed by atoms with E-state index in [2.05, 4.69) is 29.6 Å². The van der Waals surface area contributed by atoms with Crippen molar-refractivity contribution >= 4 is 18.0 Å². The molecule has 1 saturated carbocycles. The molecule has 0 bridgehead atoms. The van der Waals surface area contributed by atoms with Crippen LogP contribution < -0.4 is 5.32 Å². The maximum atomic E-state index is 12.9. The molecule has 2 N–H and O–H groups in total. The van der Waals surface area contributed by atoms with Crippen LogP contribution >= 0.6 is 0 Å². The second-order valence-corrected chi connectivity index (χ2v) is 9.50. The summed E-state index contributed by atoms with van der Waals surface area (Å²) < 4.78 is 10.9. The lowest BCUT2D eigenvalue weighted by atomic mass is 9.85. The number of carboxylic acids is 1. The Morgan fingerprint density at radius 3 is 2.23 bits per heavy atom. The lowest BCUT2D eigenvalue weighted by molar-refractivity contribution is -0.160. The van der Waals surface area contributed by atoms with Crippen molar-refractivity contribution in [3.63, 3.8) is 0 Å². The second kappa shape index (κ2) is 10.1. The van der Waals surface area contributed by atoms with E-state index in [-0.39, 0.29) is 43.5 Å². The predicted molar refractivity (Wildman–Crippen MR) is 128 cm³/mol. The molecule has 0 aromatic heterocycles. The summed E-state index contributed by atoms with van der Waals surface area (Å²) in [6.45, 7) is 1.02. The van der Waals surface area contributed by atoms with Gasteiger partial charge in [-0.25, -0.2) is 9.59 Å². The van der Waals surface area contributed by atoms with E-state index < -0.39 is 18.2 Å². The van der Waals surface area contributed by atoms with E-state index >= 15 is 0 Å². The number of aliphatic carboxylic acids is 1. The van der Waals surface area contributed by atoms with Crippen LogP contribution in [0, 0.1) is 5.92 Å². The number of morpholine rings is 1. The van der Waals surface area contributed by atoms with E-state index in [1.54, 1.807) is 4.90 Å². The van der Waals surface area contributed by atoms with Gasteiger partial charge in [-0.2, -0.15) is 0 Å². The Morgan fingerprint density at radius 1 is 0.971 bits per heavy atom. The number of rotatable bonds is 5. The molecule has 8 heteroatoms. The third-order valence-electron chi connectivity index (χ3n) is 7.40. The minimum Gasteiger partial charge on any atom is -0.479 e. The number of nitrogens with zero attached hydrogens (tertiary/aromatic N) is 1. The standard InChI is InChI=1S/C27H30N2O6/c30-25(29-13-14-34-24(15-29)26(31)32)17-9-11-18(12-10-17)28-27(33)35-16-23-21-7-3-1-5-19(21)20-6-2-4-8-22(20)23/h1-8,17-18,23-24H,9-16H2,(H,28,33)(H,31,32). The summed E-state index contributed by atoms with van der Waals surface area (Å²) in [7, 11) is 0. The molecule has 0 spiro atoms. The van der Waals surface area contributed by atoms with Crippen molar-refractivity contribution in [2.24, 2.45) is 5.92 Å². The molecule has 1 saturated heterocycles. The average molecular weight is 479 g/mol. The van der Waals surface area contributed by atoms with Crippen LogP contribution in [0.5, 0.6) is 0 Å². The van der Waals surface area contributed by atoms with E-state index in [9.17, 15) is 14.4 Å². The number of amides is 2. The molecule has 2 amide bonds. The number of carbonyl (C=O) groups excluding carboxylic acids is 2. The van der Waals surface area contributed by atoms with E-state index in [4.69, 9.17) is 14.6 Å². The van der Waals surface area contributed by atoms with Gasteiger partial charge in [0.25, 0.3) is 0 Å². The summed E-state index contributed by atoms with van der Waals surface area (Å²) in [5.74, 6) is -1.19. The van der Waals surface area contributed by atoms with Gasteiger partial charge in [0.05, 0.1) is 13.2 Å². The van der Waals surface area contributed by atoms with Gasteiger partial charge in [0.1, 0.15) is 6.61 Å². The van der Waals surface area contributed by atoms with Crippen molar-refractivity contribution in [1.82, 2.24) is 10.2 Å². The molecule has 0 radical (unpaired) electrons. The zero-order chi connectivity index (χ0) is 24.4. The predicted octanol–water partition coefficient (Wildman–Crippen LogP) is 3.40. The van der Waals surface area contributed by atoms with Crippen LogP contribution in [0.1, 0.15) is 42.7 Å². The Hall–Kier alpha value is -3.39. The first-order valence-corrected chi connectivity index (χ1v) is 12.3. The molecule has 2 aromatic rings. The van der Waals surface area contributed by atoms with Crippen molar-refractivity contribution in [1.29, 1.82) is 0 Å². The molecule has 35 heavy (non-hydrogen) atoms. The Labute approximate surface area is 204 Å². The van der Waals surface area contributed by atoms with E-state index in [1.165, 1.54) is 22.3 Å². The Kier molecular flexibility index (Phi) is 6.72. The zero-order valence-corrected chi connectivity index (χ0v) is 19.5. The molecular formula is C27H30N2O6. The van der Waals surface area contributed by atoms with Crippen molar-refractivity contribution in [3.8, 4) is 11.1 Å². The summed E-state index contributed by atoms with van der Waals surface area (Å²) in [6, 6.07) is 16.4. The minimum absolute atomic E-state index is 0.0147. The lowest BCUT2D eigenvalue weighted by Crippen LogP contribution is -2.51. The van der Waals surface area contributed by atoms with Crippen LogP contribution in [0.15, 0.2) is 48.5 Å². The molecule has 5 rings (SSSR count). The van der Waals surface area contributed by atoms with E-state index in [0.717, 1.165) is 0 Å². The van der Waals surface area contributed by atoms with E-state index in [0.29, 0.717) is 32.2 Å². The maximum Gasteiger partial charge on any atom is 0.407 e. The van der Waals surface area contributed by atoms with Crippen molar-refractivity contribution in [2.75, 3.05) is 26.3 Å². The monoisotopic (exact) mass is 478 g/mol. The number of benzene rings is 2. The number of nitrogens with one attached hydrogen (secondary N) is 1. The van der Waals surface area contributed by atoms with Gasteiger partial charge in [-0.3, -0.25) is 4.79 Å². The third-order valence-corrected chi connectivity index (χ3v) is 7.40. The number of carbonyl (C=O) groups is 3. The van der Waals surface area contributed by atoms with Crippen molar-refractivity contribution in [2.45, 2.75) is 43.7 Å². The number of fused-ring (bicyclic) bond motifs is 3. The van der Waals surface area contributed by atoms with Gasteiger partial charge in [-0.15, -0.1) is 0 Å². The molecule has 1 atom stereocenters. The highest BCUT2D eigenvalue weighted by Gasteiger charge is 2.35. The highest BCUT2D eigenvalue weighted by Crippen LogP contribution is 2.44. The molecule has 1 unspecified atom stereocenters. The number of alkyl carbamates (subject to hydrolysis) is 1. The van der Waals surface area contributed by atoms with Crippen LogP contribution in [0.3, 0.4) is 0 Å². The van der Waals surface area contributed by atoms with E-state index in [1.807, 2.05) is 24.3 Å². The topological polar surface area (TPSA) is 105 Å². The molecular weight excluding hydrogens is 448 g/mol. The molecule has 184 valence electrons. The molecule has 2 aromatic carbocycles. The van der Waals surface area contributed by atoms with Crippen molar-refractivity contribution in [3.05, 3.63) is 59.7 Å². The molecule has 2 fully saturated rings. The summed E-state index contributed by atoms with van der Waals surface area (Å²) in [4.78, 5) is 38.2. The number of hydrogen-bond acceptors (Lipinski definition) is 5. The van der Waals surface area contributed by atoms with Crippen LogP contribution in [0.25, 0.3) is 11.1 Å². The zero-order valence-electron chi connectivity index (χ0n) is 19.5. The molecule has 8 nitrogen and oxygen atoms in total. The Morgan fingerprint density at radius 2 is 1.60 bits per heavy atom. The third kappa shape index (κ3) is 4.89. The lowest BCUT2D eigenvalue weighted by Gasteiger charge is -2.35. The smallest absolute Gasteiger partial charge is 0.407 e. The number of ether oxygens (including phenoxy) is 2. The quantitative estimate of drug-likeness (QED) is 0.683. The second-order valence-electron chi connectivity index (χ2n) is 9.50. The van der Waals surface area contributed by atoms with Gasteiger partial charge in [-0.1, -0.05) is 48.5 Å². The summed E-state index contributed by atoms with van der Waals surface area (Å²) in [5, 5.41) is 12.1. The Balaban J connectivity index is 1.10. The first-order valence-electron chi connectivity index (χ1n) is 12.3. The number of carboxylic acid groups (broad SMARTS) is 1. The average Bonchev–Trinajstić information content (AvgIpc) is 3.21. The van der Waals surface area contributed by atoms with Crippen molar-refractivity contribution < 1.29 is 29.0 Å². The van der Waals surface area contributed by atoms with Gasteiger partial charge >= 0.3 is 12.1 Å². The molecule has 2 aliphatic carbocycles. The van der Waals surface area contributed by atoms with Gasteiger partial charge in [0, 0.05) is 24.4 Å². The fourth-order valence-electron chi connectivity index (χ4n) is 5.55. The van der Waals surface area contributed by atoms with Crippen LogP contribution in [0.2, 0.25) is 0 Å². The SMILES string of the molecule is O=C(NC1CCC(C(=O)N2CCOC(C(=O)O)C2)CC1)OCC1c2ccccc2-c2ccccc21. The normalized spacial score (nSPS) is 23.8.